The molecular formula is C20H14F3N3O3. The number of alkyl halides is 3. The molecule has 0 saturated heterocycles. The molecular weight excluding hydrogens is 387 g/mol. The van der Waals surface area contributed by atoms with Crippen molar-refractivity contribution in [3.63, 3.8) is 0 Å². The zero-order valence-electron chi connectivity index (χ0n) is 14.9. The van der Waals surface area contributed by atoms with Gasteiger partial charge in [0.15, 0.2) is 6.61 Å². The quantitative estimate of drug-likeness (QED) is 0.573. The lowest BCUT2D eigenvalue weighted by atomic mass is 10.2. The van der Waals surface area contributed by atoms with Gasteiger partial charge >= 0.3 is 6.18 Å². The van der Waals surface area contributed by atoms with E-state index in [-0.39, 0.29) is 35.6 Å². The Morgan fingerprint density at radius 3 is 2.41 bits per heavy atom. The molecule has 0 N–H and O–H groups in total. The third-order valence-corrected chi connectivity index (χ3v) is 3.45. The molecule has 0 atom stereocenters. The summed E-state index contributed by atoms with van der Waals surface area (Å²) in [6.45, 7) is -1.23. The Morgan fingerprint density at radius 2 is 1.69 bits per heavy atom. The maximum atomic E-state index is 12.3. The first-order valence-electron chi connectivity index (χ1n) is 8.34. The number of hydrogen-bond donors (Lipinski definition) is 0. The predicted molar refractivity (Wildman–Crippen MR) is 95.6 cm³/mol. The van der Waals surface area contributed by atoms with Gasteiger partial charge in [0, 0.05) is 24.4 Å². The maximum Gasteiger partial charge on any atom is 0.422 e. The molecule has 148 valence electrons. The molecule has 2 heterocycles. The summed E-state index contributed by atoms with van der Waals surface area (Å²) >= 11 is 0. The van der Waals surface area contributed by atoms with Crippen LogP contribution in [0.1, 0.15) is 11.1 Å². The molecule has 0 fully saturated rings. The molecule has 9 heteroatoms. The lowest BCUT2D eigenvalue weighted by Gasteiger charge is -2.11. The number of nitriles is 1. The molecule has 6 nitrogen and oxygen atoms in total. The largest absolute Gasteiger partial charge is 0.473 e. The van der Waals surface area contributed by atoms with Gasteiger partial charge in [0.05, 0.1) is 11.6 Å². The Hall–Kier alpha value is -3.80. The number of aromatic nitrogens is 2. The van der Waals surface area contributed by atoms with E-state index in [1.807, 2.05) is 36.4 Å². The van der Waals surface area contributed by atoms with Crippen LogP contribution in [0.4, 0.5) is 13.2 Å². The topological polar surface area (TPSA) is 77.3 Å². The van der Waals surface area contributed by atoms with Crippen LogP contribution in [-0.4, -0.2) is 22.8 Å². The normalized spacial score (nSPS) is 10.8. The molecule has 0 saturated carbocycles. The van der Waals surface area contributed by atoms with Gasteiger partial charge in [-0.15, -0.1) is 0 Å². The Morgan fingerprint density at radius 1 is 0.931 bits per heavy atom. The number of nitrogens with zero attached hydrogens (tertiary/aromatic N) is 3. The van der Waals surface area contributed by atoms with Gasteiger partial charge in [-0.05, 0) is 11.6 Å². The molecule has 0 aliphatic carbocycles. The second kappa shape index (κ2) is 8.93. The fourth-order valence-corrected chi connectivity index (χ4v) is 2.21. The zero-order valence-corrected chi connectivity index (χ0v) is 14.9. The van der Waals surface area contributed by atoms with Gasteiger partial charge in [0.25, 0.3) is 0 Å². The molecule has 1 aromatic carbocycles. The summed E-state index contributed by atoms with van der Waals surface area (Å²) in [4.78, 5) is 7.87. The van der Waals surface area contributed by atoms with Gasteiger partial charge in [-0.1, -0.05) is 30.3 Å². The van der Waals surface area contributed by atoms with Crippen LogP contribution in [-0.2, 0) is 6.61 Å². The van der Waals surface area contributed by atoms with E-state index < -0.39 is 12.8 Å². The molecule has 3 rings (SSSR count). The van der Waals surface area contributed by atoms with Crippen molar-refractivity contribution in [1.29, 1.82) is 5.26 Å². The second-order valence-electron chi connectivity index (χ2n) is 5.75. The fourth-order valence-electron chi connectivity index (χ4n) is 2.21. The first-order valence-corrected chi connectivity index (χ1v) is 8.34. The SMILES string of the molecule is N#Cc1cc(OCc2ccccc2)nc(Oc2ccnc(OCC(F)(F)F)c2)c1. The number of pyridine rings is 2. The van der Waals surface area contributed by atoms with E-state index in [9.17, 15) is 18.4 Å². The summed E-state index contributed by atoms with van der Waals surface area (Å²) in [7, 11) is 0. The van der Waals surface area contributed by atoms with E-state index in [4.69, 9.17) is 9.47 Å². The second-order valence-corrected chi connectivity index (χ2v) is 5.75. The number of halogens is 3. The van der Waals surface area contributed by atoms with Crippen LogP contribution in [0.2, 0.25) is 0 Å². The van der Waals surface area contributed by atoms with Crippen molar-refractivity contribution >= 4 is 0 Å². The average Bonchev–Trinajstić information content (AvgIpc) is 2.71. The highest BCUT2D eigenvalue weighted by Gasteiger charge is 2.28. The van der Waals surface area contributed by atoms with Crippen molar-refractivity contribution in [2.24, 2.45) is 0 Å². The van der Waals surface area contributed by atoms with Crippen LogP contribution in [0, 0.1) is 11.3 Å². The van der Waals surface area contributed by atoms with Crippen molar-refractivity contribution in [3.8, 4) is 29.5 Å². The molecule has 0 spiro atoms. The highest BCUT2D eigenvalue weighted by atomic mass is 19.4. The van der Waals surface area contributed by atoms with Crippen molar-refractivity contribution in [2.45, 2.75) is 12.8 Å². The maximum absolute atomic E-state index is 12.3. The lowest BCUT2D eigenvalue weighted by molar-refractivity contribution is -0.154. The average molecular weight is 401 g/mol. The van der Waals surface area contributed by atoms with Crippen molar-refractivity contribution < 1.29 is 27.4 Å². The van der Waals surface area contributed by atoms with Crippen LogP contribution in [0.15, 0.2) is 60.8 Å². The highest BCUT2D eigenvalue weighted by Crippen LogP contribution is 2.26. The van der Waals surface area contributed by atoms with Crippen LogP contribution in [0.25, 0.3) is 0 Å². The summed E-state index contributed by atoms with van der Waals surface area (Å²) in [5, 5.41) is 9.20. The molecule has 0 bridgehead atoms. The molecule has 0 aliphatic rings. The molecule has 29 heavy (non-hydrogen) atoms. The highest BCUT2D eigenvalue weighted by molar-refractivity contribution is 5.39. The Bertz CT molecular complexity index is 1010. The van der Waals surface area contributed by atoms with Crippen molar-refractivity contribution in [3.05, 3.63) is 71.9 Å². The Labute approximate surface area is 164 Å². The van der Waals surface area contributed by atoms with Crippen LogP contribution in [0.3, 0.4) is 0 Å². The first kappa shape index (κ1) is 19.9. The molecule has 0 radical (unpaired) electrons. The van der Waals surface area contributed by atoms with Gasteiger partial charge in [-0.25, -0.2) is 4.98 Å². The van der Waals surface area contributed by atoms with Gasteiger partial charge in [-0.3, -0.25) is 0 Å². The summed E-state index contributed by atoms with van der Waals surface area (Å²) < 4.78 is 52.6. The molecule has 0 unspecified atom stereocenters. The summed E-state index contributed by atoms with van der Waals surface area (Å²) in [5.74, 6) is 0.108. The van der Waals surface area contributed by atoms with E-state index in [1.54, 1.807) is 0 Å². The van der Waals surface area contributed by atoms with Gasteiger partial charge in [-0.2, -0.15) is 23.4 Å². The summed E-state index contributed by atoms with van der Waals surface area (Å²) in [6, 6.07) is 16.8. The first-order chi connectivity index (χ1) is 13.9. The van der Waals surface area contributed by atoms with E-state index in [0.29, 0.717) is 0 Å². The predicted octanol–water partition coefficient (Wildman–Crippen LogP) is 4.66. The molecule has 0 amide bonds. The van der Waals surface area contributed by atoms with E-state index >= 15 is 0 Å². The fraction of sp³-hybridized carbons (Fsp3) is 0.150. The number of benzene rings is 1. The monoisotopic (exact) mass is 401 g/mol. The minimum Gasteiger partial charge on any atom is -0.473 e. The summed E-state index contributed by atoms with van der Waals surface area (Å²) in [5.41, 5.74) is 1.17. The van der Waals surface area contributed by atoms with Crippen LogP contribution < -0.4 is 14.2 Å². The van der Waals surface area contributed by atoms with E-state index in [1.165, 1.54) is 30.5 Å². The Kier molecular flexibility index (Phi) is 6.14. The van der Waals surface area contributed by atoms with E-state index in [2.05, 4.69) is 14.7 Å². The standard InChI is InChI=1S/C20H14F3N3O3/c21-20(22,23)13-28-17-10-16(6-7-25-17)29-19-9-15(11-24)8-18(26-19)27-12-14-4-2-1-3-5-14/h1-10H,12-13H2. The van der Waals surface area contributed by atoms with Gasteiger partial charge in [0.2, 0.25) is 17.6 Å². The van der Waals surface area contributed by atoms with Crippen molar-refractivity contribution in [2.75, 3.05) is 6.61 Å². The third-order valence-electron chi connectivity index (χ3n) is 3.45. The molecule has 3 aromatic rings. The minimum atomic E-state index is -4.48. The van der Waals surface area contributed by atoms with E-state index in [0.717, 1.165) is 5.56 Å². The Balaban J connectivity index is 1.72. The van der Waals surface area contributed by atoms with Gasteiger partial charge < -0.3 is 14.2 Å². The lowest BCUT2D eigenvalue weighted by Crippen LogP contribution is -2.19. The number of hydrogen-bond acceptors (Lipinski definition) is 6. The molecule has 0 aliphatic heterocycles. The van der Waals surface area contributed by atoms with Crippen LogP contribution in [0.5, 0.6) is 23.4 Å². The van der Waals surface area contributed by atoms with Gasteiger partial charge in [0.1, 0.15) is 12.4 Å². The smallest absolute Gasteiger partial charge is 0.422 e. The minimum absolute atomic E-state index is 0.0417. The number of ether oxygens (including phenoxy) is 3. The number of rotatable bonds is 7. The van der Waals surface area contributed by atoms with Crippen molar-refractivity contribution in [1.82, 2.24) is 9.97 Å². The third kappa shape index (κ3) is 6.39. The summed E-state index contributed by atoms with van der Waals surface area (Å²) in [6.07, 6.45) is -3.24. The molecule has 2 aromatic heterocycles. The zero-order chi connectivity index (χ0) is 20.7. The van der Waals surface area contributed by atoms with Crippen LogP contribution >= 0.6 is 0 Å².